The smallest absolute Gasteiger partial charge is 0.490 e. The van der Waals surface area contributed by atoms with Gasteiger partial charge in [-0.1, -0.05) is 72.3 Å². The summed E-state index contributed by atoms with van der Waals surface area (Å²) in [6.07, 6.45) is -5.08. The number of rotatable bonds is 3. The summed E-state index contributed by atoms with van der Waals surface area (Å²) >= 11 is 2.31. The van der Waals surface area contributed by atoms with Crippen LogP contribution in [0.2, 0.25) is 0 Å². The van der Waals surface area contributed by atoms with Gasteiger partial charge in [0.05, 0.1) is 4.90 Å². The highest BCUT2D eigenvalue weighted by molar-refractivity contribution is 14.1. The zero-order chi connectivity index (χ0) is 28.6. The summed E-state index contributed by atoms with van der Waals surface area (Å²) in [4.78, 5) is 8.72. The van der Waals surface area contributed by atoms with E-state index in [9.17, 15) is 26.1 Å². The summed E-state index contributed by atoms with van der Waals surface area (Å²) in [7, 11) is -4.27. The number of aryl methyl sites for hydroxylation is 1. The zero-order valence-electron chi connectivity index (χ0n) is 19.8. The maximum atomic E-state index is 10.6. The van der Waals surface area contributed by atoms with Crippen LogP contribution in [0.3, 0.4) is 0 Å². The zero-order valence-corrected chi connectivity index (χ0v) is 25.0. The second-order valence-corrected chi connectivity index (χ2v) is 12.7. The van der Waals surface area contributed by atoms with Crippen LogP contribution in [0.15, 0.2) is 120 Å². The van der Waals surface area contributed by atoms with Crippen molar-refractivity contribution in [1.29, 1.82) is 0 Å². The van der Waals surface area contributed by atoms with Gasteiger partial charge in [0, 0.05) is 3.57 Å². The summed E-state index contributed by atoms with van der Waals surface area (Å²) < 4.78 is 67.2. The lowest BCUT2D eigenvalue weighted by Gasteiger charge is -2.05. The van der Waals surface area contributed by atoms with Crippen molar-refractivity contribution >= 4 is 38.7 Å². The predicted octanol–water partition coefficient (Wildman–Crippen LogP) is 3.64. The third-order valence-corrected chi connectivity index (χ3v) is 8.22. The lowest BCUT2D eigenvalue weighted by atomic mass is 10.2. The van der Waals surface area contributed by atoms with Crippen LogP contribution in [0.25, 0.3) is 0 Å². The molecule has 0 spiro atoms. The van der Waals surface area contributed by atoms with Crippen LogP contribution in [0.4, 0.5) is 13.2 Å². The van der Waals surface area contributed by atoms with Gasteiger partial charge in [0.25, 0.3) is 0 Å². The molecule has 0 aliphatic heterocycles. The molecule has 11 heteroatoms. The molecule has 4 aromatic carbocycles. The molecule has 0 aromatic heterocycles. The molecule has 0 fully saturated rings. The third kappa shape index (κ3) is 15.7. The third-order valence-electron chi connectivity index (χ3n) is 3.97. The molecular weight excluding hydrogens is 747 g/mol. The van der Waals surface area contributed by atoms with E-state index in [2.05, 4.69) is 95.4 Å². The van der Waals surface area contributed by atoms with E-state index in [0.717, 1.165) is 5.56 Å². The van der Waals surface area contributed by atoms with Gasteiger partial charge in [-0.15, -0.1) is 0 Å². The number of halogens is 5. The van der Waals surface area contributed by atoms with Crippen molar-refractivity contribution in [3.05, 3.63) is 132 Å². The van der Waals surface area contributed by atoms with Crippen molar-refractivity contribution in [2.75, 3.05) is 0 Å². The Hall–Kier alpha value is -2.49. The number of carboxylic acids is 1. The van der Waals surface area contributed by atoms with Crippen LogP contribution in [-0.4, -0.2) is 30.2 Å². The topological polar surface area (TPSA) is 94.5 Å². The predicted molar refractivity (Wildman–Crippen MR) is 142 cm³/mol. The Morgan fingerprint density at radius 2 is 1.11 bits per heavy atom. The van der Waals surface area contributed by atoms with E-state index in [1.54, 1.807) is 12.1 Å². The molecule has 38 heavy (non-hydrogen) atoms. The number of carbonyl (C=O) groups is 1. The standard InChI is InChI=1S/C12H10I.C7H8O3S.C6H5I.C2HF3O2/c1-3-7-11(8-4-1)13-12-9-5-2-6-10-12;1-6-2-4-7(5-3-6)11(8,9)10;7-6-4-2-1-3-5-6;3-2(4,5)1(6)7/h1-10H;2-5H,1H3,(H,8,9,10);1-5H;(H,6,7)/q+1;;;/p-1. The number of hydrogen-bond acceptors (Lipinski definition) is 4. The maximum absolute atomic E-state index is 10.6. The molecule has 0 heterocycles. The first-order chi connectivity index (χ1) is 17.8. The van der Waals surface area contributed by atoms with Crippen molar-refractivity contribution in [2.24, 2.45) is 0 Å². The Morgan fingerprint density at radius 1 is 0.763 bits per heavy atom. The molecule has 0 saturated carbocycles. The fourth-order valence-corrected chi connectivity index (χ4v) is 5.35. The summed E-state index contributed by atoms with van der Waals surface area (Å²) in [6.45, 7) is 1.82. The number of benzene rings is 4. The lowest BCUT2D eigenvalue weighted by Crippen LogP contribution is -3.61. The molecular formula is C27H23F3I2O5S. The first kappa shape index (κ1) is 33.5. The molecule has 0 aliphatic carbocycles. The normalized spacial score (nSPS) is 10.4. The fourth-order valence-electron chi connectivity index (χ4n) is 2.20. The minimum Gasteiger partial charge on any atom is -0.744 e. The van der Waals surface area contributed by atoms with Crippen LogP contribution in [0, 0.1) is 17.6 Å². The van der Waals surface area contributed by atoms with Gasteiger partial charge in [0.1, 0.15) is 10.1 Å². The van der Waals surface area contributed by atoms with Gasteiger partial charge in [0.2, 0.25) is 0 Å². The van der Waals surface area contributed by atoms with E-state index in [1.165, 1.54) is 22.8 Å². The SMILES string of the molecule is Cc1ccc(S(=O)(=O)[O-])cc1.Ic1ccccc1.O=C(O)C(F)(F)F.c1ccc([I+]c2ccccc2)cc1. The molecule has 4 aromatic rings. The molecule has 0 amide bonds. The van der Waals surface area contributed by atoms with Crippen molar-refractivity contribution in [1.82, 2.24) is 0 Å². The number of alkyl halides is 3. The van der Waals surface area contributed by atoms with Gasteiger partial charge in [-0.3, -0.25) is 0 Å². The minimum atomic E-state index is -5.08. The van der Waals surface area contributed by atoms with Crippen LogP contribution >= 0.6 is 22.6 Å². The Bertz CT molecular complexity index is 1280. The minimum absolute atomic E-state index is 0.0287. The quantitative estimate of drug-likeness (QED) is 0.254. The highest BCUT2D eigenvalue weighted by Crippen LogP contribution is 2.13. The Kier molecular flexibility index (Phi) is 15.2. The van der Waals surface area contributed by atoms with E-state index < -0.39 is 22.3 Å². The molecule has 0 saturated heterocycles. The van der Waals surface area contributed by atoms with Crippen molar-refractivity contribution in [3.8, 4) is 0 Å². The second kappa shape index (κ2) is 17.2. The Morgan fingerprint density at radius 3 is 1.37 bits per heavy atom. The largest absolute Gasteiger partial charge is 0.744 e. The van der Waals surface area contributed by atoms with Crippen molar-refractivity contribution in [2.45, 2.75) is 18.0 Å². The van der Waals surface area contributed by atoms with Crippen LogP contribution in [0.5, 0.6) is 0 Å². The molecule has 4 rings (SSSR count). The van der Waals surface area contributed by atoms with Gasteiger partial charge in [-0.2, -0.15) is 13.2 Å². The van der Waals surface area contributed by atoms with E-state index in [1.807, 2.05) is 25.1 Å². The van der Waals surface area contributed by atoms with Crippen LogP contribution < -0.4 is 21.2 Å². The highest BCUT2D eigenvalue weighted by Gasteiger charge is 2.38. The number of carboxylic acid groups (broad SMARTS) is 1. The van der Waals surface area contributed by atoms with Crippen molar-refractivity contribution < 1.29 is 57.2 Å². The number of aliphatic carboxylic acids is 1. The summed E-state index contributed by atoms with van der Waals surface area (Å²) in [6, 6.07) is 37.4. The van der Waals surface area contributed by atoms with E-state index in [4.69, 9.17) is 9.90 Å². The van der Waals surface area contributed by atoms with Crippen LogP contribution in [-0.2, 0) is 14.9 Å². The molecule has 1 N–H and O–H groups in total. The van der Waals surface area contributed by atoms with Crippen LogP contribution in [0.1, 0.15) is 5.56 Å². The lowest BCUT2D eigenvalue weighted by molar-refractivity contribution is -0.597. The van der Waals surface area contributed by atoms with E-state index in [0.29, 0.717) is 0 Å². The first-order valence-electron chi connectivity index (χ1n) is 10.6. The Labute approximate surface area is 243 Å². The van der Waals surface area contributed by atoms with Gasteiger partial charge >= 0.3 is 33.4 Å². The maximum Gasteiger partial charge on any atom is 0.490 e. The summed E-state index contributed by atoms with van der Waals surface area (Å²) in [5, 5.41) is 7.12. The highest BCUT2D eigenvalue weighted by atomic mass is 127. The average Bonchev–Trinajstić information content (AvgIpc) is 2.86. The van der Waals surface area contributed by atoms with Gasteiger partial charge in [0.15, 0.2) is 7.14 Å². The number of hydrogen-bond donors (Lipinski definition) is 1. The second-order valence-electron chi connectivity index (χ2n) is 7.05. The first-order valence-corrected chi connectivity index (χ1v) is 15.2. The molecule has 202 valence electrons. The molecule has 5 nitrogen and oxygen atoms in total. The molecule has 0 aliphatic rings. The van der Waals surface area contributed by atoms with Gasteiger partial charge in [-0.25, -0.2) is 13.2 Å². The van der Waals surface area contributed by atoms with E-state index in [-0.39, 0.29) is 26.1 Å². The summed E-state index contributed by atoms with van der Waals surface area (Å²) in [5.74, 6) is -2.76. The average molecular weight is 770 g/mol. The van der Waals surface area contributed by atoms with Crippen molar-refractivity contribution in [3.63, 3.8) is 0 Å². The Balaban J connectivity index is 0.000000263. The molecule has 0 unspecified atom stereocenters. The monoisotopic (exact) mass is 770 g/mol. The van der Waals surface area contributed by atoms with Gasteiger partial charge < -0.3 is 9.66 Å². The van der Waals surface area contributed by atoms with Gasteiger partial charge in [-0.05, 0) is 78.0 Å². The summed E-state index contributed by atoms with van der Waals surface area (Å²) in [5.41, 5.74) is 0.928. The molecule has 0 radical (unpaired) electrons. The van der Waals surface area contributed by atoms with E-state index >= 15 is 0 Å². The molecule has 0 bridgehead atoms. The molecule has 0 atom stereocenters. The fraction of sp³-hybridized carbons (Fsp3) is 0.0741.